The van der Waals surface area contributed by atoms with Gasteiger partial charge in [0.1, 0.15) is 0 Å². The number of pyridine rings is 3. The summed E-state index contributed by atoms with van der Waals surface area (Å²) in [6, 6.07) is 64.8. The second-order valence-corrected chi connectivity index (χ2v) is 16.2. The monoisotopic (exact) mass is 845 g/mol. The maximum Gasteiger partial charge on any atom is 0.0900 e. The van der Waals surface area contributed by atoms with Gasteiger partial charge in [0.05, 0.1) is 45.6 Å². The average molecular weight is 846 g/mol. The van der Waals surface area contributed by atoms with Crippen molar-refractivity contribution in [1.82, 2.24) is 34.9 Å². The van der Waals surface area contributed by atoms with Gasteiger partial charge in [0.2, 0.25) is 0 Å². The first-order valence-electron chi connectivity index (χ1n) is 22.0. The minimum absolute atomic E-state index is 0.780. The molecule has 0 amide bonds. The highest BCUT2D eigenvalue weighted by atomic mass is 14.8. The van der Waals surface area contributed by atoms with E-state index >= 15 is 0 Å². The first-order chi connectivity index (χ1) is 32.7. The summed E-state index contributed by atoms with van der Waals surface area (Å²) in [4.78, 5) is 32.9. The molecule has 6 aromatic heterocycles. The Morgan fingerprint density at radius 1 is 0.258 bits per heavy atom. The first kappa shape index (κ1) is 38.6. The normalized spacial score (nSPS) is 11.8. The number of benzene rings is 4. The molecule has 10 aromatic rings. The van der Waals surface area contributed by atoms with Crippen LogP contribution in [0.3, 0.4) is 0 Å². The van der Waals surface area contributed by atoms with Crippen LogP contribution in [0.4, 0.5) is 0 Å². The molecule has 8 heterocycles. The second kappa shape index (κ2) is 16.6. The maximum atomic E-state index is 5.50. The zero-order valence-corrected chi connectivity index (χ0v) is 35.6. The smallest absolute Gasteiger partial charge is 0.0900 e. The minimum atomic E-state index is 0.780. The molecular weight excluding hydrogens is 807 g/mol. The van der Waals surface area contributed by atoms with Crippen LogP contribution in [0.2, 0.25) is 0 Å². The van der Waals surface area contributed by atoms with Crippen LogP contribution in [0.5, 0.6) is 0 Å². The van der Waals surface area contributed by atoms with Gasteiger partial charge in [-0.25, -0.2) is 15.0 Å². The van der Waals surface area contributed by atoms with E-state index in [0.717, 1.165) is 123 Å². The van der Waals surface area contributed by atoms with Crippen LogP contribution in [0, 0.1) is 0 Å². The Hall–Kier alpha value is -9.07. The molecule has 7 heteroatoms. The summed E-state index contributed by atoms with van der Waals surface area (Å²) in [6.07, 6.45) is 12.1. The molecule has 2 N–H and O–H groups in total. The van der Waals surface area contributed by atoms with E-state index in [1.54, 1.807) is 12.4 Å². The number of nitrogens with one attached hydrogen (secondary N) is 2. The molecule has 7 nitrogen and oxygen atoms in total. The number of H-pyrrole nitrogens is 2. The van der Waals surface area contributed by atoms with Gasteiger partial charge < -0.3 is 9.97 Å². The van der Waals surface area contributed by atoms with Crippen LogP contribution in [-0.2, 0) is 0 Å². The Morgan fingerprint density at radius 3 is 0.939 bits per heavy atom. The molecule has 0 aliphatic carbocycles. The van der Waals surface area contributed by atoms with Gasteiger partial charge >= 0.3 is 0 Å². The van der Waals surface area contributed by atoms with Crippen molar-refractivity contribution in [2.45, 2.75) is 0 Å². The molecule has 66 heavy (non-hydrogen) atoms. The lowest BCUT2D eigenvalue weighted by atomic mass is 9.98. The van der Waals surface area contributed by atoms with Crippen molar-refractivity contribution in [1.29, 1.82) is 0 Å². The van der Waals surface area contributed by atoms with Gasteiger partial charge in [-0.15, -0.1) is 0 Å². The molecule has 0 atom stereocenters. The summed E-state index contributed by atoms with van der Waals surface area (Å²) in [7, 11) is 0. The molecule has 8 bridgehead atoms. The molecule has 0 saturated carbocycles. The van der Waals surface area contributed by atoms with Gasteiger partial charge in [0, 0.05) is 56.7 Å². The summed E-state index contributed by atoms with van der Waals surface area (Å²) >= 11 is 0. The van der Waals surface area contributed by atoms with Crippen LogP contribution >= 0.6 is 0 Å². The predicted octanol–water partition coefficient (Wildman–Crippen LogP) is 14.5. The highest BCUT2D eigenvalue weighted by Gasteiger charge is 2.19. The lowest BCUT2D eigenvalue weighted by molar-refractivity contribution is 1.22. The van der Waals surface area contributed by atoms with Crippen molar-refractivity contribution in [3.05, 3.63) is 223 Å². The molecule has 12 rings (SSSR count). The quantitative estimate of drug-likeness (QED) is 0.167. The largest absolute Gasteiger partial charge is 0.354 e. The molecule has 4 aromatic carbocycles. The molecule has 2 aliphatic rings. The van der Waals surface area contributed by atoms with Crippen molar-refractivity contribution in [2.24, 2.45) is 0 Å². The number of fused-ring (bicyclic) bond motifs is 8. The third-order valence-electron chi connectivity index (χ3n) is 12.1. The number of aromatic amines is 2. The number of hydrogen-bond acceptors (Lipinski definition) is 5. The van der Waals surface area contributed by atoms with Crippen molar-refractivity contribution < 1.29 is 0 Å². The van der Waals surface area contributed by atoms with Crippen LogP contribution < -0.4 is 0 Å². The van der Waals surface area contributed by atoms with Crippen LogP contribution in [0.15, 0.2) is 200 Å². The fraction of sp³-hybridized carbons (Fsp3) is 0. The summed E-state index contributed by atoms with van der Waals surface area (Å²) in [5.41, 5.74) is 20.8. The summed E-state index contributed by atoms with van der Waals surface area (Å²) < 4.78 is 0. The summed E-state index contributed by atoms with van der Waals surface area (Å²) in [6.45, 7) is 0. The SMILES string of the molecule is C1=Cc2nc1c(-c1ccccc1)c1ccc([nH]1)c(-c1ccccc1)c1nc(c(-c3ccc(-c4cc(-c5ccccn5)nc(-c5ccccn5)c4)cc3)c3ccc([nH]3)c2-c2ccccc2)C=C1. The van der Waals surface area contributed by atoms with Crippen molar-refractivity contribution in [3.63, 3.8) is 0 Å². The second-order valence-electron chi connectivity index (χ2n) is 16.2. The first-order valence-corrected chi connectivity index (χ1v) is 22.0. The van der Waals surface area contributed by atoms with E-state index in [9.17, 15) is 0 Å². The van der Waals surface area contributed by atoms with Crippen LogP contribution in [0.25, 0.3) is 125 Å². The third kappa shape index (κ3) is 7.20. The third-order valence-corrected chi connectivity index (χ3v) is 12.1. The highest BCUT2D eigenvalue weighted by molar-refractivity contribution is 6.00. The molecule has 310 valence electrons. The van der Waals surface area contributed by atoms with Gasteiger partial charge in [0.25, 0.3) is 0 Å². The van der Waals surface area contributed by atoms with Gasteiger partial charge in [-0.05, 0) is 118 Å². The molecule has 0 spiro atoms. The lowest BCUT2D eigenvalue weighted by Crippen LogP contribution is -1.94. The number of nitrogens with zero attached hydrogens (tertiary/aromatic N) is 5. The molecule has 0 radical (unpaired) electrons. The van der Waals surface area contributed by atoms with E-state index in [1.165, 1.54) is 0 Å². The minimum Gasteiger partial charge on any atom is -0.354 e. The van der Waals surface area contributed by atoms with Crippen molar-refractivity contribution in [3.8, 4) is 78.4 Å². The average Bonchev–Trinajstić information content (AvgIpc) is 4.25. The fourth-order valence-electron chi connectivity index (χ4n) is 9.05. The number of rotatable bonds is 7. The van der Waals surface area contributed by atoms with E-state index < -0.39 is 0 Å². The van der Waals surface area contributed by atoms with E-state index in [1.807, 2.05) is 54.6 Å². The van der Waals surface area contributed by atoms with Gasteiger partial charge in [-0.2, -0.15) is 0 Å². The summed E-state index contributed by atoms with van der Waals surface area (Å²) in [5, 5.41) is 0. The Balaban J connectivity index is 1.12. The van der Waals surface area contributed by atoms with Crippen molar-refractivity contribution >= 4 is 46.4 Å². The highest BCUT2D eigenvalue weighted by Crippen LogP contribution is 2.39. The van der Waals surface area contributed by atoms with Gasteiger partial charge in [0.15, 0.2) is 0 Å². The number of hydrogen-bond donors (Lipinski definition) is 2. The van der Waals surface area contributed by atoms with Crippen molar-refractivity contribution in [2.75, 3.05) is 0 Å². The molecule has 0 unspecified atom stereocenters. The molecule has 2 aliphatic heterocycles. The summed E-state index contributed by atoms with van der Waals surface area (Å²) in [5.74, 6) is 0. The zero-order chi connectivity index (χ0) is 43.8. The maximum absolute atomic E-state index is 5.50. The number of aromatic nitrogens is 7. The predicted molar refractivity (Wildman–Crippen MR) is 270 cm³/mol. The lowest BCUT2D eigenvalue weighted by Gasteiger charge is -2.11. The van der Waals surface area contributed by atoms with E-state index in [-0.39, 0.29) is 0 Å². The van der Waals surface area contributed by atoms with E-state index in [0.29, 0.717) is 0 Å². The topological polar surface area (TPSA) is 96.0 Å². The van der Waals surface area contributed by atoms with Gasteiger partial charge in [-0.1, -0.05) is 127 Å². The van der Waals surface area contributed by atoms with E-state index in [4.69, 9.17) is 15.0 Å². The fourth-order valence-corrected chi connectivity index (χ4v) is 9.05. The molecule has 0 saturated heterocycles. The van der Waals surface area contributed by atoms with Gasteiger partial charge in [-0.3, -0.25) is 9.97 Å². The Morgan fingerprint density at radius 2 is 0.591 bits per heavy atom. The molecular formula is C59H39N7. The standard InChI is InChI=1S/C59H39N7/c1-4-14-39(15-5-1)56-46-26-28-48(62-46)57(40-16-6-2-7-17-40)50-30-32-52(64-50)59(53-33-31-51(65-53)58(41-18-8-3-9-19-41)49-29-27-47(56)63-49)42-24-22-38(23-25-42)43-36-54(44-20-10-12-34-60-44)66-55(37-43)45-21-11-13-35-61-45/h1-37,62,65H. The Kier molecular flexibility index (Phi) is 9.69. The molecule has 0 fully saturated rings. The zero-order valence-electron chi connectivity index (χ0n) is 35.6. The Labute approximate surface area is 381 Å². The van der Waals surface area contributed by atoms with E-state index in [2.05, 4.69) is 178 Å². The van der Waals surface area contributed by atoms with Crippen LogP contribution in [0.1, 0.15) is 22.8 Å². The van der Waals surface area contributed by atoms with Crippen LogP contribution in [-0.4, -0.2) is 34.9 Å². The Bertz CT molecular complexity index is 3560.